The second kappa shape index (κ2) is 7.64. The molecule has 5 nitrogen and oxygen atoms in total. The van der Waals surface area contributed by atoms with E-state index in [1.54, 1.807) is 32.2 Å². The molecule has 0 aliphatic heterocycles. The van der Waals surface area contributed by atoms with Gasteiger partial charge in [-0.2, -0.15) is 0 Å². The van der Waals surface area contributed by atoms with E-state index < -0.39 is 5.97 Å². The van der Waals surface area contributed by atoms with Crippen LogP contribution < -0.4 is 9.47 Å². The Morgan fingerprint density at radius 3 is 2.64 bits per heavy atom. The molecule has 28 heavy (non-hydrogen) atoms. The van der Waals surface area contributed by atoms with E-state index in [1.165, 1.54) is 0 Å². The lowest BCUT2D eigenvalue weighted by molar-refractivity contribution is 0.0523. The lowest BCUT2D eigenvalue weighted by Gasteiger charge is -2.09. The molecule has 0 spiro atoms. The molecule has 0 aliphatic rings. The largest absolute Gasteiger partial charge is 0.497 e. The zero-order chi connectivity index (χ0) is 19.5. The van der Waals surface area contributed by atoms with Crippen LogP contribution in [0.25, 0.3) is 21.7 Å². The summed E-state index contributed by atoms with van der Waals surface area (Å²) < 4.78 is 22.5. The number of ether oxygens (including phenoxy) is 3. The molecule has 0 atom stereocenters. The predicted octanol–water partition coefficient (Wildman–Crippen LogP) is 5.35. The van der Waals surface area contributed by atoms with Crippen molar-refractivity contribution in [2.75, 3.05) is 13.7 Å². The van der Waals surface area contributed by atoms with Crippen LogP contribution in [0.4, 0.5) is 0 Å². The van der Waals surface area contributed by atoms with Crippen molar-refractivity contribution in [2.24, 2.45) is 0 Å². The maximum absolute atomic E-state index is 12.6. The summed E-state index contributed by atoms with van der Waals surface area (Å²) in [6, 6.07) is 19.2. The Hall–Kier alpha value is -3.47. The summed E-state index contributed by atoms with van der Waals surface area (Å²) in [5.41, 5.74) is 0.955. The molecule has 0 saturated carbocycles. The van der Waals surface area contributed by atoms with E-state index in [1.807, 2.05) is 42.5 Å². The van der Waals surface area contributed by atoms with Gasteiger partial charge >= 0.3 is 5.97 Å². The third kappa shape index (κ3) is 3.27. The fraction of sp³-hybridized carbons (Fsp3) is 0.174. The van der Waals surface area contributed by atoms with Crippen molar-refractivity contribution >= 4 is 27.7 Å². The third-order valence-corrected chi connectivity index (χ3v) is 4.56. The maximum Gasteiger partial charge on any atom is 0.342 e. The van der Waals surface area contributed by atoms with Gasteiger partial charge in [0, 0.05) is 10.8 Å². The summed E-state index contributed by atoms with van der Waals surface area (Å²) in [6.45, 7) is 2.16. The Balaban J connectivity index is 1.73. The highest BCUT2D eigenvalue weighted by Gasteiger charge is 2.23. The molecule has 0 saturated heterocycles. The van der Waals surface area contributed by atoms with Gasteiger partial charge in [-0.15, -0.1) is 0 Å². The zero-order valence-corrected chi connectivity index (χ0v) is 15.7. The van der Waals surface area contributed by atoms with Gasteiger partial charge < -0.3 is 18.6 Å². The minimum atomic E-state index is -0.439. The van der Waals surface area contributed by atoms with Gasteiger partial charge in [0.15, 0.2) is 5.76 Å². The van der Waals surface area contributed by atoms with Gasteiger partial charge in [-0.05, 0) is 36.6 Å². The predicted molar refractivity (Wildman–Crippen MR) is 107 cm³/mol. The molecule has 0 fully saturated rings. The van der Waals surface area contributed by atoms with Crippen LogP contribution in [-0.2, 0) is 11.3 Å². The molecule has 0 radical (unpaired) electrons. The maximum atomic E-state index is 12.6. The van der Waals surface area contributed by atoms with Crippen molar-refractivity contribution in [3.8, 4) is 11.5 Å². The molecule has 142 valence electrons. The molecule has 1 aromatic heterocycles. The Morgan fingerprint density at radius 2 is 1.82 bits per heavy atom. The molecule has 0 amide bonds. The number of rotatable bonds is 6. The van der Waals surface area contributed by atoms with Crippen molar-refractivity contribution in [1.82, 2.24) is 0 Å². The Morgan fingerprint density at radius 1 is 1.00 bits per heavy atom. The Bertz CT molecular complexity index is 1140. The summed E-state index contributed by atoms with van der Waals surface area (Å²) in [5.74, 6) is 1.35. The van der Waals surface area contributed by atoms with Crippen LogP contribution in [0.5, 0.6) is 11.5 Å². The van der Waals surface area contributed by atoms with Gasteiger partial charge in [-0.25, -0.2) is 4.79 Å². The highest BCUT2D eigenvalue weighted by Crippen LogP contribution is 2.32. The topological polar surface area (TPSA) is 57.9 Å². The van der Waals surface area contributed by atoms with E-state index in [9.17, 15) is 4.79 Å². The molecule has 0 N–H and O–H groups in total. The van der Waals surface area contributed by atoms with Gasteiger partial charge in [0.25, 0.3) is 0 Å². The minimum absolute atomic E-state index is 0.110. The molecule has 3 aromatic carbocycles. The second-order valence-corrected chi connectivity index (χ2v) is 6.25. The molecular formula is C23H20O5. The molecule has 0 aliphatic carbocycles. The summed E-state index contributed by atoms with van der Waals surface area (Å²) >= 11 is 0. The highest BCUT2D eigenvalue weighted by molar-refractivity contribution is 6.05. The molecule has 4 rings (SSSR count). The lowest BCUT2D eigenvalue weighted by atomic mass is 10.1. The number of fused-ring (bicyclic) bond motifs is 2. The SMILES string of the molecule is CCOC(=O)c1c(COc2cccc3ccccc23)oc2ccc(OC)cc12. The molecule has 5 heteroatoms. The normalized spacial score (nSPS) is 10.9. The minimum Gasteiger partial charge on any atom is -0.497 e. The van der Waals surface area contributed by atoms with E-state index in [4.69, 9.17) is 18.6 Å². The number of hydrogen-bond acceptors (Lipinski definition) is 5. The monoisotopic (exact) mass is 376 g/mol. The summed E-state index contributed by atoms with van der Waals surface area (Å²) in [5, 5.41) is 2.73. The van der Waals surface area contributed by atoms with Crippen LogP contribution in [0, 0.1) is 0 Å². The zero-order valence-electron chi connectivity index (χ0n) is 15.7. The van der Waals surface area contributed by atoms with Crippen LogP contribution >= 0.6 is 0 Å². The number of carbonyl (C=O) groups excluding carboxylic acids is 1. The number of benzene rings is 3. The van der Waals surface area contributed by atoms with E-state index >= 15 is 0 Å². The molecule has 0 bridgehead atoms. The summed E-state index contributed by atoms with van der Waals surface area (Å²) in [6.07, 6.45) is 0. The van der Waals surface area contributed by atoms with E-state index in [0.29, 0.717) is 28.0 Å². The number of esters is 1. The fourth-order valence-electron chi connectivity index (χ4n) is 3.25. The second-order valence-electron chi connectivity index (χ2n) is 6.25. The molecular weight excluding hydrogens is 356 g/mol. The first kappa shape index (κ1) is 17.9. The van der Waals surface area contributed by atoms with Gasteiger partial charge in [0.2, 0.25) is 0 Å². The van der Waals surface area contributed by atoms with Crippen LogP contribution in [0.15, 0.2) is 65.1 Å². The summed E-state index contributed by atoms with van der Waals surface area (Å²) in [7, 11) is 1.58. The average Bonchev–Trinajstić information content (AvgIpc) is 3.09. The van der Waals surface area contributed by atoms with Gasteiger partial charge in [-0.3, -0.25) is 0 Å². The van der Waals surface area contributed by atoms with Crippen LogP contribution in [0.2, 0.25) is 0 Å². The van der Waals surface area contributed by atoms with Crippen LogP contribution in [0.1, 0.15) is 23.0 Å². The first-order valence-corrected chi connectivity index (χ1v) is 9.08. The molecule has 1 heterocycles. The number of furan rings is 1. The van der Waals surface area contributed by atoms with Gasteiger partial charge in [0.1, 0.15) is 29.3 Å². The van der Waals surface area contributed by atoms with Gasteiger partial charge in [-0.1, -0.05) is 36.4 Å². The van der Waals surface area contributed by atoms with Crippen molar-refractivity contribution in [3.05, 3.63) is 72.0 Å². The number of carbonyl (C=O) groups is 1. The number of methoxy groups -OCH3 is 1. The third-order valence-electron chi connectivity index (χ3n) is 4.56. The standard InChI is InChI=1S/C23H20O5/c1-3-26-23(24)22-18-13-16(25-2)11-12-20(18)28-21(22)14-27-19-10-6-8-15-7-4-5-9-17(15)19/h4-13H,3,14H2,1-2H3. The first-order chi connectivity index (χ1) is 13.7. The smallest absolute Gasteiger partial charge is 0.342 e. The summed E-state index contributed by atoms with van der Waals surface area (Å²) in [4.78, 5) is 12.6. The van der Waals surface area contributed by atoms with E-state index in [0.717, 1.165) is 16.5 Å². The van der Waals surface area contributed by atoms with Crippen LogP contribution in [-0.4, -0.2) is 19.7 Å². The van der Waals surface area contributed by atoms with Crippen LogP contribution in [0.3, 0.4) is 0 Å². The number of hydrogen-bond donors (Lipinski definition) is 0. The van der Waals surface area contributed by atoms with Gasteiger partial charge in [0.05, 0.1) is 13.7 Å². The van der Waals surface area contributed by atoms with Crippen molar-refractivity contribution < 1.29 is 23.4 Å². The first-order valence-electron chi connectivity index (χ1n) is 9.08. The fourth-order valence-corrected chi connectivity index (χ4v) is 3.25. The van der Waals surface area contributed by atoms with Crippen molar-refractivity contribution in [2.45, 2.75) is 13.5 Å². The highest BCUT2D eigenvalue weighted by atomic mass is 16.5. The molecule has 4 aromatic rings. The lowest BCUT2D eigenvalue weighted by Crippen LogP contribution is -2.08. The Labute approximate surface area is 162 Å². The van der Waals surface area contributed by atoms with Crippen molar-refractivity contribution in [1.29, 1.82) is 0 Å². The van der Waals surface area contributed by atoms with E-state index in [-0.39, 0.29) is 13.2 Å². The molecule has 0 unspecified atom stereocenters. The van der Waals surface area contributed by atoms with Crippen molar-refractivity contribution in [3.63, 3.8) is 0 Å². The quantitative estimate of drug-likeness (QED) is 0.425. The average molecular weight is 376 g/mol. The Kier molecular flexibility index (Phi) is 4.89. The van der Waals surface area contributed by atoms with E-state index in [2.05, 4.69) is 0 Å².